The Kier molecular flexibility index (Phi) is 4.67. The molecule has 0 N–H and O–H groups in total. The quantitative estimate of drug-likeness (QED) is 0.537. The van der Waals surface area contributed by atoms with Crippen LogP contribution in [0.2, 0.25) is 5.02 Å². The van der Waals surface area contributed by atoms with Crippen LogP contribution in [0.3, 0.4) is 0 Å². The molecule has 2 aliphatic rings. The molecule has 0 saturated carbocycles. The summed E-state index contributed by atoms with van der Waals surface area (Å²) in [4.78, 5) is 12.4. The third-order valence-electron chi connectivity index (χ3n) is 5.76. The third-order valence-corrected chi connectivity index (χ3v) is 5.99. The van der Waals surface area contributed by atoms with E-state index < -0.39 is 0 Å². The second-order valence-electron chi connectivity index (χ2n) is 8.35. The van der Waals surface area contributed by atoms with Crippen LogP contribution in [-0.2, 0) is 6.61 Å². The molecule has 0 aliphatic carbocycles. The predicted octanol–water partition coefficient (Wildman–Crippen LogP) is 5.84. The van der Waals surface area contributed by atoms with E-state index in [2.05, 4.69) is 30.9 Å². The molecule has 148 valence electrons. The monoisotopic (exact) mass is 405 g/mol. The van der Waals surface area contributed by atoms with E-state index in [0.29, 0.717) is 23.5 Å². The number of hydrogen-bond donors (Lipinski definition) is 0. The van der Waals surface area contributed by atoms with E-state index in [1.807, 2.05) is 36.4 Å². The Bertz CT molecular complexity index is 1060. The van der Waals surface area contributed by atoms with Gasteiger partial charge in [0.1, 0.15) is 12.4 Å². The van der Waals surface area contributed by atoms with Crippen LogP contribution in [0.4, 0.5) is 5.95 Å². The number of para-hydroxylation sites is 1. The SMILES string of the molecule is CC1CC(C)CN(c2nc(-c3cccc(Cl)c3)c3c(n2)-c2ccccc2OC3)C1. The number of ether oxygens (including phenoxy) is 1. The van der Waals surface area contributed by atoms with Crippen molar-refractivity contribution >= 4 is 17.5 Å². The van der Waals surface area contributed by atoms with E-state index >= 15 is 0 Å². The molecule has 2 atom stereocenters. The van der Waals surface area contributed by atoms with Gasteiger partial charge in [-0.05, 0) is 42.5 Å². The summed E-state index contributed by atoms with van der Waals surface area (Å²) in [5.41, 5.74) is 4.93. The first kappa shape index (κ1) is 18.4. The molecular formula is C24H24ClN3O. The van der Waals surface area contributed by atoms with Crippen molar-refractivity contribution in [2.24, 2.45) is 11.8 Å². The van der Waals surface area contributed by atoms with Gasteiger partial charge in [0, 0.05) is 34.8 Å². The summed E-state index contributed by atoms with van der Waals surface area (Å²) in [7, 11) is 0. The summed E-state index contributed by atoms with van der Waals surface area (Å²) in [5.74, 6) is 2.93. The molecule has 2 unspecified atom stereocenters. The lowest BCUT2D eigenvalue weighted by Crippen LogP contribution is -2.40. The number of benzene rings is 2. The largest absolute Gasteiger partial charge is 0.488 e. The Hall–Kier alpha value is -2.59. The second kappa shape index (κ2) is 7.34. The second-order valence-corrected chi connectivity index (χ2v) is 8.78. The maximum atomic E-state index is 6.30. The molecule has 3 aromatic rings. The number of halogens is 1. The van der Waals surface area contributed by atoms with Gasteiger partial charge in [0.15, 0.2) is 0 Å². The Balaban J connectivity index is 1.71. The molecule has 3 heterocycles. The lowest BCUT2D eigenvalue weighted by Gasteiger charge is -2.36. The maximum absolute atomic E-state index is 6.30. The van der Waals surface area contributed by atoms with Gasteiger partial charge in [0.25, 0.3) is 0 Å². The van der Waals surface area contributed by atoms with Crippen molar-refractivity contribution in [3.63, 3.8) is 0 Å². The van der Waals surface area contributed by atoms with Crippen molar-refractivity contribution in [1.82, 2.24) is 9.97 Å². The molecule has 0 amide bonds. The lowest BCUT2D eigenvalue weighted by molar-refractivity contribution is 0.301. The van der Waals surface area contributed by atoms with Gasteiger partial charge in [-0.2, -0.15) is 0 Å². The van der Waals surface area contributed by atoms with E-state index in [9.17, 15) is 0 Å². The normalized spacial score (nSPS) is 20.6. The molecule has 1 aromatic heterocycles. The molecule has 2 aromatic carbocycles. The molecular weight excluding hydrogens is 382 g/mol. The van der Waals surface area contributed by atoms with Gasteiger partial charge in [-0.1, -0.05) is 49.7 Å². The van der Waals surface area contributed by atoms with Gasteiger partial charge in [-0.25, -0.2) is 9.97 Å². The molecule has 1 saturated heterocycles. The van der Waals surface area contributed by atoms with Crippen LogP contribution < -0.4 is 9.64 Å². The van der Waals surface area contributed by atoms with Crippen LogP contribution in [-0.4, -0.2) is 23.1 Å². The van der Waals surface area contributed by atoms with Crippen LogP contribution >= 0.6 is 11.6 Å². The zero-order valence-corrected chi connectivity index (χ0v) is 17.5. The molecule has 29 heavy (non-hydrogen) atoms. The van der Waals surface area contributed by atoms with Crippen molar-refractivity contribution < 1.29 is 4.74 Å². The molecule has 0 radical (unpaired) electrons. The van der Waals surface area contributed by atoms with E-state index in [4.69, 9.17) is 26.3 Å². The number of aromatic nitrogens is 2. The highest BCUT2D eigenvalue weighted by molar-refractivity contribution is 6.30. The Morgan fingerprint density at radius 3 is 2.52 bits per heavy atom. The summed E-state index contributed by atoms with van der Waals surface area (Å²) in [6.45, 7) is 7.04. The number of rotatable bonds is 2. The van der Waals surface area contributed by atoms with Crippen molar-refractivity contribution in [1.29, 1.82) is 0 Å². The smallest absolute Gasteiger partial charge is 0.226 e. The first-order valence-electron chi connectivity index (χ1n) is 10.2. The highest BCUT2D eigenvalue weighted by atomic mass is 35.5. The molecule has 1 fully saturated rings. The Labute approximate surface area is 176 Å². The fourth-order valence-electron chi connectivity index (χ4n) is 4.61. The number of hydrogen-bond acceptors (Lipinski definition) is 4. The average Bonchev–Trinajstić information content (AvgIpc) is 2.72. The molecule has 2 aliphatic heterocycles. The van der Waals surface area contributed by atoms with Gasteiger partial charge < -0.3 is 9.64 Å². The maximum Gasteiger partial charge on any atom is 0.226 e. The van der Waals surface area contributed by atoms with Gasteiger partial charge in [-0.3, -0.25) is 0 Å². The molecule has 0 spiro atoms. The number of nitrogens with zero attached hydrogens (tertiary/aromatic N) is 3. The van der Waals surface area contributed by atoms with Gasteiger partial charge in [-0.15, -0.1) is 0 Å². The predicted molar refractivity (Wildman–Crippen MR) is 117 cm³/mol. The number of fused-ring (bicyclic) bond motifs is 3. The van der Waals surface area contributed by atoms with E-state index in [0.717, 1.165) is 52.9 Å². The van der Waals surface area contributed by atoms with E-state index in [1.54, 1.807) is 0 Å². The zero-order valence-electron chi connectivity index (χ0n) is 16.7. The highest BCUT2D eigenvalue weighted by Crippen LogP contribution is 2.41. The molecule has 5 heteroatoms. The molecule has 0 bridgehead atoms. The summed E-state index contributed by atoms with van der Waals surface area (Å²) < 4.78 is 6.04. The van der Waals surface area contributed by atoms with Gasteiger partial charge in [0.2, 0.25) is 5.95 Å². The lowest BCUT2D eigenvalue weighted by atomic mass is 9.92. The van der Waals surface area contributed by atoms with E-state index in [1.165, 1.54) is 6.42 Å². The standard InChI is InChI=1S/C24H24ClN3O/c1-15-10-16(2)13-28(12-15)24-26-22(17-6-5-7-18(25)11-17)20-14-29-21-9-4-3-8-19(21)23(20)27-24/h3-9,11,15-16H,10,12-14H2,1-2H3. The van der Waals surface area contributed by atoms with Crippen molar-refractivity contribution in [2.45, 2.75) is 26.9 Å². The fraction of sp³-hybridized carbons (Fsp3) is 0.333. The van der Waals surface area contributed by atoms with E-state index in [-0.39, 0.29) is 0 Å². The van der Waals surface area contributed by atoms with Crippen LogP contribution in [0.15, 0.2) is 48.5 Å². The van der Waals surface area contributed by atoms with Crippen LogP contribution in [0, 0.1) is 11.8 Å². The van der Waals surface area contributed by atoms with Gasteiger partial charge in [0.05, 0.1) is 11.4 Å². The fourth-order valence-corrected chi connectivity index (χ4v) is 4.80. The number of piperidine rings is 1. The summed E-state index contributed by atoms with van der Waals surface area (Å²) >= 11 is 6.30. The van der Waals surface area contributed by atoms with Crippen molar-refractivity contribution in [3.05, 3.63) is 59.1 Å². The Morgan fingerprint density at radius 2 is 1.72 bits per heavy atom. The molecule has 5 rings (SSSR count). The third kappa shape index (κ3) is 3.46. The van der Waals surface area contributed by atoms with Crippen molar-refractivity contribution in [3.8, 4) is 28.3 Å². The van der Waals surface area contributed by atoms with Crippen LogP contribution in [0.1, 0.15) is 25.8 Å². The summed E-state index contributed by atoms with van der Waals surface area (Å²) in [5, 5.41) is 0.703. The van der Waals surface area contributed by atoms with Crippen molar-refractivity contribution in [2.75, 3.05) is 18.0 Å². The summed E-state index contributed by atoms with van der Waals surface area (Å²) in [6.07, 6.45) is 1.25. The molecule has 4 nitrogen and oxygen atoms in total. The first-order valence-corrected chi connectivity index (χ1v) is 10.6. The minimum Gasteiger partial charge on any atom is -0.488 e. The van der Waals surface area contributed by atoms with Crippen LogP contribution in [0.5, 0.6) is 5.75 Å². The Morgan fingerprint density at radius 1 is 0.966 bits per heavy atom. The van der Waals surface area contributed by atoms with Gasteiger partial charge >= 0.3 is 0 Å². The average molecular weight is 406 g/mol. The van der Waals surface area contributed by atoms with Crippen LogP contribution in [0.25, 0.3) is 22.5 Å². The minimum absolute atomic E-state index is 0.460. The topological polar surface area (TPSA) is 38.2 Å². The summed E-state index contributed by atoms with van der Waals surface area (Å²) in [6, 6.07) is 16.0. The minimum atomic E-state index is 0.460. The number of anilines is 1. The first-order chi connectivity index (χ1) is 14.1. The highest BCUT2D eigenvalue weighted by Gasteiger charge is 2.28. The zero-order chi connectivity index (χ0) is 20.0.